The largest absolute Gasteiger partial charge is 0.335 e. The average molecular weight is 266 g/mol. The normalized spacial score (nSPS) is 19.1. The number of nitrogens with one attached hydrogen (secondary N) is 1. The Hall–Kier alpha value is -1.49. The van der Waals surface area contributed by atoms with Crippen LogP contribution in [0.1, 0.15) is 18.4 Å². The third-order valence-electron chi connectivity index (χ3n) is 3.76. The van der Waals surface area contributed by atoms with E-state index in [1.807, 2.05) is 0 Å². The van der Waals surface area contributed by atoms with E-state index in [4.69, 9.17) is 0 Å². The van der Waals surface area contributed by atoms with Gasteiger partial charge in [-0.3, -0.25) is 4.79 Å². The van der Waals surface area contributed by atoms with Crippen LogP contribution in [0, 0.1) is 17.6 Å². The van der Waals surface area contributed by atoms with Crippen molar-refractivity contribution in [2.75, 3.05) is 13.1 Å². The van der Waals surface area contributed by atoms with Crippen molar-refractivity contribution in [2.24, 2.45) is 5.92 Å². The van der Waals surface area contributed by atoms with Gasteiger partial charge in [0, 0.05) is 37.3 Å². The third-order valence-corrected chi connectivity index (χ3v) is 3.76. The van der Waals surface area contributed by atoms with E-state index >= 15 is 0 Å². The van der Waals surface area contributed by atoms with Crippen molar-refractivity contribution in [1.82, 2.24) is 10.2 Å². The minimum atomic E-state index is -0.589. The predicted octanol–water partition coefficient (Wildman–Crippen LogP) is 1.68. The van der Waals surface area contributed by atoms with Crippen LogP contribution in [0.5, 0.6) is 0 Å². The summed E-state index contributed by atoms with van der Waals surface area (Å²) in [5.41, 5.74) is 0.383. The fourth-order valence-corrected chi connectivity index (χ4v) is 2.30. The molecule has 3 rings (SSSR count). The lowest BCUT2D eigenvalue weighted by molar-refractivity contribution is -0.138. The first-order chi connectivity index (χ1) is 9.15. The third kappa shape index (κ3) is 2.61. The van der Waals surface area contributed by atoms with E-state index in [-0.39, 0.29) is 24.4 Å². The molecule has 0 bridgehead atoms. The number of halogens is 2. The van der Waals surface area contributed by atoms with Crippen LogP contribution in [0.2, 0.25) is 0 Å². The molecule has 3 nitrogen and oxygen atoms in total. The molecule has 0 radical (unpaired) electrons. The van der Waals surface area contributed by atoms with Gasteiger partial charge < -0.3 is 10.2 Å². The highest BCUT2D eigenvalue weighted by atomic mass is 19.1. The molecule has 1 aliphatic heterocycles. The van der Waals surface area contributed by atoms with Gasteiger partial charge in [-0.25, -0.2) is 8.78 Å². The standard InChI is InChI=1S/C14H16F2N2O/c15-11-2-1-9(13(16)5-11)8-18(12-3-4-12)14(19)10-6-17-7-10/h1-2,5,10,12,17H,3-4,6-8H2. The molecule has 1 aromatic rings. The summed E-state index contributed by atoms with van der Waals surface area (Å²) in [6, 6.07) is 3.76. The van der Waals surface area contributed by atoms with Gasteiger partial charge in [0.05, 0.1) is 5.92 Å². The van der Waals surface area contributed by atoms with E-state index in [0.29, 0.717) is 18.7 Å². The minimum Gasteiger partial charge on any atom is -0.335 e. The second-order valence-electron chi connectivity index (χ2n) is 5.29. The second-order valence-corrected chi connectivity index (χ2v) is 5.29. The second kappa shape index (κ2) is 4.89. The van der Waals surface area contributed by atoms with Crippen molar-refractivity contribution in [3.8, 4) is 0 Å². The molecule has 1 N–H and O–H groups in total. The molecule has 1 heterocycles. The SMILES string of the molecule is O=C(C1CNC1)N(Cc1ccc(F)cc1F)C1CC1. The quantitative estimate of drug-likeness (QED) is 0.899. The van der Waals surface area contributed by atoms with Gasteiger partial charge in [0.25, 0.3) is 0 Å². The number of hydrogen-bond donors (Lipinski definition) is 1. The van der Waals surface area contributed by atoms with Crippen LogP contribution in [-0.4, -0.2) is 29.9 Å². The molecular weight excluding hydrogens is 250 g/mol. The van der Waals surface area contributed by atoms with Gasteiger partial charge in [0.2, 0.25) is 5.91 Å². The highest BCUT2D eigenvalue weighted by molar-refractivity contribution is 5.80. The van der Waals surface area contributed by atoms with Crippen molar-refractivity contribution in [2.45, 2.75) is 25.4 Å². The zero-order valence-electron chi connectivity index (χ0n) is 10.5. The lowest BCUT2D eigenvalue weighted by Crippen LogP contribution is -2.52. The molecule has 1 amide bonds. The monoisotopic (exact) mass is 266 g/mol. The van der Waals surface area contributed by atoms with Crippen LogP contribution >= 0.6 is 0 Å². The molecule has 0 aromatic heterocycles. The number of rotatable bonds is 4. The van der Waals surface area contributed by atoms with Gasteiger partial charge >= 0.3 is 0 Å². The molecule has 2 fully saturated rings. The Morgan fingerprint density at radius 2 is 2.05 bits per heavy atom. The molecule has 1 aliphatic carbocycles. The zero-order valence-corrected chi connectivity index (χ0v) is 10.5. The lowest BCUT2D eigenvalue weighted by atomic mass is 10.0. The average Bonchev–Trinajstić information content (AvgIpc) is 3.09. The zero-order chi connectivity index (χ0) is 13.4. The summed E-state index contributed by atoms with van der Waals surface area (Å²) in [6.45, 7) is 1.65. The highest BCUT2D eigenvalue weighted by Crippen LogP contribution is 2.30. The number of carbonyl (C=O) groups excluding carboxylic acids is 1. The van der Waals surface area contributed by atoms with Crippen molar-refractivity contribution in [1.29, 1.82) is 0 Å². The number of amides is 1. The highest BCUT2D eigenvalue weighted by Gasteiger charge is 2.37. The van der Waals surface area contributed by atoms with Crippen LogP contribution in [0.25, 0.3) is 0 Å². The number of benzene rings is 1. The summed E-state index contributed by atoms with van der Waals surface area (Å²) < 4.78 is 26.5. The summed E-state index contributed by atoms with van der Waals surface area (Å²) in [5.74, 6) is -1.06. The number of carbonyl (C=O) groups is 1. The van der Waals surface area contributed by atoms with Gasteiger partial charge in [-0.2, -0.15) is 0 Å². The Balaban J connectivity index is 1.75. The maximum Gasteiger partial charge on any atom is 0.228 e. The van der Waals surface area contributed by atoms with Gasteiger partial charge in [0.15, 0.2) is 0 Å². The van der Waals surface area contributed by atoms with E-state index < -0.39 is 11.6 Å². The van der Waals surface area contributed by atoms with Crippen LogP contribution in [0.15, 0.2) is 18.2 Å². The van der Waals surface area contributed by atoms with Crippen LogP contribution in [0.4, 0.5) is 8.78 Å². The maximum absolute atomic E-state index is 13.7. The predicted molar refractivity (Wildman–Crippen MR) is 66.3 cm³/mol. The van der Waals surface area contributed by atoms with Gasteiger partial charge in [-0.15, -0.1) is 0 Å². The molecule has 2 aliphatic rings. The molecule has 0 spiro atoms. The molecule has 1 saturated heterocycles. The molecule has 0 atom stereocenters. The first-order valence-corrected chi connectivity index (χ1v) is 6.60. The Morgan fingerprint density at radius 3 is 2.58 bits per heavy atom. The minimum absolute atomic E-state index is 0.0177. The molecule has 0 unspecified atom stereocenters. The smallest absolute Gasteiger partial charge is 0.228 e. The summed E-state index contributed by atoms with van der Waals surface area (Å²) in [5, 5.41) is 3.07. The van der Waals surface area contributed by atoms with E-state index in [0.717, 1.165) is 18.9 Å². The summed E-state index contributed by atoms with van der Waals surface area (Å²) >= 11 is 0. The topological polar surface area (TPSA) is 32.3 Å². The fourth-order valence-electron chi connectivity index (χ4n) is 2.30. The first-order valence-electron chi connectivity index (χ1n) is 6.60. The van der Waals surface area contributed by atoms with E-state index in [9.17, 15) is 13.6 Å². The molecule has 5 heteroatoms. The van der Waals surface area contributed by atoms with Gasteiger partial charge in [-0.1, -0.05) is 6.07 Å². The Morgan fingerprint density at radius 1 is 1.32 bits per heavy atom. The van der Waals surface area contributed by atoms with Crippen molar-refractivity contribution in [3.05, 3.63) is 35.4 Å². The Labute approximate surface area is 110 Å². The lowest BCUT2D eigenvalue weighted by Gasteiger charge is -2.32. The molecular formula is C14H16F2N2O. The van der Waals surface area contributed by atoms with Gasteiger partial charge in [0.1, 0.15) is 11.6 Å². The van der Waals surface area contributed by atoms with Crippen molar-refractivity contribution < 1.29 is 13.6 Å². The van der Waals surface area contributed by atoms with Crippen molar-refractivity contribution >= 4 is 5.91 Å². The summed E-state index contributed by atoms with van der Waals surface area (Å²) in [4.78, 5) is 14.0. The van der Waals surface area contributed by atoms with Crippen LogP contribution < -0.4 is 5.32 Å². The maximum atomic E-state index is 13.7. The summed E-state index contributed by atoms with van der Waals surface area (Å²) in [6.07, 6.45) is 1.96. The summed E-state index contributed by atoms with van der Waals surface area (Å²) in [7, 11) is 0. The Bertz CT molecular complexity index is 498. The van der Waals surface area contributed by atoms with Gasteiger partial charge in [-0.05, 0) is 18.9 Å². The molecule has 1 aromatic carbocycles. The van der Waals surface area contributed by atoms with E-state index in [1.54, 1.807) is 4.90 Å². The molecule has 1 saturated carbocycles. The van der Waals surface area contributed by atoms with Crippen LogP contribution in [0.3, 0.4) is 0 Å². The number of hydrogen-bond acceptors (Lipinski definition) is 2. The fraction of sp³-hybridized carbons (Fsp3) is 0.500. The molecule has 19 heavy (non-hydrogen) atoms. The van der Waals surface area contributed by atoms with E-state index in [1.165, 1.54) is 12.1 Å². The first kappa shape index (κ1) is 12.5. The van der Waals surface area contributed by atoms with Crippen molar-refractivity contribution in [3.63, 3.8) is 0 Å². The van der Waals surface area contributed by atoms with Crippen LogP contribution in [-0.2, 0) is 11.3 Å². The van der Waals surface area contributed by atoms with E-state index in [2.05, 4.69) is 5.32 Å². The Kier molecular flexibility index (Phi) is 3.22. The number of nitrogens with zero attached hydrogens (tertiary/aromatic N) is 1. The molecule has 102 valence electrons.